The molecule has 1 aliphatic rings. The highest BCUT2D eigenvalue weighted by molar-refractivity contribution is 7.18. The summed E-state index contributed by atoms with van der Waals surface area (Å²) in [6.07, 6.45) is 4.03. The van der Waals surface area contributed by atoms with Crippen molar-refractivity contribution in [3.63, 3.8) is 0 Å². The van der Waals surface area contributed by atoms with Crippen LogP contribution in [-0.2, 0) is 11.2 Å². The summed E-state index contributed by atoms with van der Waals surface area (Å²) in [6.45, 7) is 7.01. The molecule has 23 heavy (non-hydrogen) atoms. The number of rotatable bonds is 6. The van der Waals surface area contributed by atoms with Crippen LogP contribution < -0.4 is 10.6 Å². The second-order valence-corrected chi connectivity index (χ2v) is 7.00. The molecule has 1 amide bonds. The molecule has 0 atom stereocenters. The number of hydrogen-bond donors (Lipinski definition) is 1. The molecule has 2 aromatic rings. The molecule has 3 heterocycles. The number of nitrogens with zero attached hydrogens (tertiary/aromatic N) is 4. The van der Waals surface area contributed by atoms with Gasteiger partial charge in [-0.05, 0) is 25.5 Å². The van der Waals surface area contributed by atoms with E-state index in [2.05, 4.69) is 32.8 Å². The van der Waals surface area contributed by atoms with Gasteiger partial charge in [0, 0.05) is 37.5 Å². The van der Waals surface area contributed by atoms with Crippen LogP contribution >= 0.6 is 11.3 Å². The number of anilines is 1. The number of aromatic nitrogens is 2. The predicted octanol–water partition coefficient (Wildman–Crippen LogP) is 1.64. The van der Waals surface area contributed by atoms with Gasteiger partial charge in [-0.15, -0.1) is 11.3 Å². The largest absolute Gasteiger partial charge is 0.370 e. The molecule has 1 saturated heterocycles. The lowest BCUT2D eigenvalue weighted by molar-refractivity contribution is -0.118. The minimum Gasteiger partial charge on any atom is -0.370 e. The summed E-state index contributed by atoms with van der Waals surface area (Å²) in [7, 11) is 0. The monoisotopic (exact) mass is 333 g/mol. The highest BCUT2D eigenvalue weighted by atomic mass is 32.1. The maximum atomic E-state index is 10.8. The van der Waals surface area contributed by atoms with Crippen molar-refractivity contribution < 1.29 is 4.79 Å². The summed E-state index contributed by atoms with van der Waals surface area (Å²) >= 11 is 1.76. The summed E-state index contributed by atoms with van der Waals surface area (Å²) in [5, 5.41) is 1.18. The summed E-state index contributed by atoms with van der Waals surface area (Å²) < 4.78 is 0. The van der Waals surface area contributed by atoms with E-state index in [-0.39, 0.29) is 5.91 Å². The molecule has 2 N–H and O–H groups in total. The van der Waals surface area contributed by atoms with Crippen LogP contribution in [-0.4, -0.2) is 53.5 Å². The molecule has 124 valence electrons. The number of primary amides is 1. The third-order valence-corrected chi connectivity index (χ3v) is 5.46. The molecule has 1 aliphatic heterocycles. The van der Waals surface area contributed by atoms with Gasteiger partial charge in [0.2, 0.25) is 5.91 Å². The first-order chi connectivity index (χ1) is 11.2. The minimum atomic E-state index is -0.212. The van der Waals surface area contributed by atoms with Gasteiger partial charge in [-0.1, -0.05) is 6.92 Å². The fraction of sp³-hybridized carbons (Fsp3) is 0.562. The number of thiophene rings is 1. The predicted molar refractivity (Wildman–Crippen MR) is 93.9 cm³/mol. The second kappa shape index (κ2) is 7.23. The molecular weight excluding hydrogens is 310 g/mol. The van der Waals surface area contributed by atoms with E-state index < -0.39 is 0 Å². The number of nitrogens with two attached hydrogens (primary N) is 1. The quantitative estimate of drug-likeness (QED) is 0.870. The lowest BCUT2D eigenvalue weighted by Crippen LogP contribution is -2.47. The number of carbonyl (C=O) groups is 1. The molecule has 3 rings (SSSR count). The van der Waals surface area contributed by atoms with Gasteiger partial charge in [-0.2, -0.15) is 0 Å². The molecule has 0 aromatic carbocycles. The summed E-state index contributed by atoms with van der Waals surface area (Å²) in [5.74, 6) is 0.846. The van der Waals surface area contributed by atoms with Crippen molar-refractivity contribution in [3.05, 3.63) is 17.3 Å². The Morgan fingerprint density at radius 1 is 1.30 bits per heavy atom. The maximum Gasteiger partial charge on any atom is 0.217 e. The number of carbonyl (C=O) groups excluding carboxylic acids is 1. The zero-order valence-corrected chi connectivity index (χ0v) is 14.3. The van der Waals surface area contributed by atoms with Crippen LogP contribution in [0.15, 0.2) is 12.4 Å². The van der Waals surface area contributed by atoms with Crippen LogP contribution in [0.2, 0.25) is 0 Å². The van der Waals surface area contributed by atoms with Gasteiger partial charge in [0.1, 0.15) is 17.0 Å². The van der Waals surface area contributed by atoms with Gasteiger partial charge >= 0.3 is 0 Å². The van der Waals surface area contributed by atoms with Gasteiger partial charge in [0.25, 0.3) is 0 Å². The summed E-state index contributed by atoms with van der Waals surface area (Å²) in [4.78, 5) is 26.9. The van der Waals surface area contributed by atoms with Crippen LogP contribution in [0.1, 0.15) is 24.6 Å². The first kappa shape index (κ1) is 16.1. The summed E-state index contributed by atoms with van der Waals surface area (Å²) in [6, 6.07) is 2.23. The van der Waals surface area contributed by atoms with Gasteiger partial charge in [0.15, 0.2) is 0 Å². The van der Waals surface area contributed by atoms with Gasteiger partial charge < -0.3 is 10.6 Å². The normalized spacial score (nSPS) is 16.1. The zero-order chi connectivity index (χ0) is 16.2. The molecule has 0 aliphatic carbocycles. The third kappa shape index (κ3) is 3.79. The van der Waals surface area contributed by atoms with E-state index >= 15 is 0 Å². The maximum absolute atomic E-state index is 10.8. The van der Waals surface area contributed by atoms with Crippen molar-refractivity contribution in [2.75, 3.05) is 37.6 Å². The Morgan fingerprint density at radius 3 is 2.78 bits per heavy atom. The lowest BCUT2D eigenvalue weighted by Gasteiger charge is -2.35. The molecule has 0 spiro atoms. The number of amides is 1. The fourth-order valence-corrected chi connectivity index (χ4v) is 3.91. The molecule has 0 bridgehead atoms. The molecule has 1 fully saturated rings. The lowest BCUT2D eigenvalue weighted by atomic mass is 10.2. The van der Waals surface area contributed by atoms with E-state index in [4.69, 9.17) is 5.73 Å². The third-order valence-electron chi connectivity index (χ3n) is 4.28. The van der Waals surface area contributed by atoms with E-state index in [0.717, 1.165) is 56.2 Å². The Bertz CT molecular complexity index is 678. The van der Waals surface area contributed by atoms with Crippen molar-refractivity contribution in [2.24, 2.45) is 5.73 Å². The standard InChI is InChI=1S/C16H23N5OS/c1-2-12-10-13-15(18-11-19-16(13)23-12)21-8-6-20(7-9-21)5-3-4-14(17)22/h10-11H,2-9H2,1H3,(H2,17,22). The van der Waals surface area contributed by atoms with E-state index in [1.807, 2.05) is 0 Å². The highest BCUT2D eigenvalue weighted by Gasteiger charge is 2.20. The Morgan fingerprint density at radius 2 is 2.09 bits per heavy atom. The van der Waals surface area contributed by atoms with Gasteiger partial charge in [-0.3, -0.25) is 9.69 Å². The van der Waals surface area contributed by atoms with Crippen LogP contribution in [0.5, 0.6) is 0 Å². The first-order valence-electron chi connectivity index (χ1n) is 8.16. The average molecular weight is 333 g/mol. The molecule has 2 aromatic heterocycles. The van der Waals surface area contributed by atoms with E-state index in [9.17, 15) is 4.79 Å². The number of piperazine rings is 1. The van der Waals surface area contributed by atoms with Crippen molar-refractivity contribution in [2.45, 2.75) is 26.2 Å². The van der Waals surface area contributed by atoms with Crippen molar-refractivity contribution in [3.8, 4) is 0 Å². The second-order valence-electron chi connectivity index (χ2n) is 5.88. The van der Waals surface area contributed by atoms with E-state index in [1.165, 1.54) is 10.3 Å². The minimum absolute atomic E-state index is 0.212. The molecule has 0 saturated carbocycles. The first-order valence-corrected chi connectivity index (χ1v) is 8.98. The van der Waals surface area contributed by atoms with Gasteiger partial charge in [0.05, 0.1) is 5.39 Å². The summed E-state index contributed by atoms with van der Waals surface area (Å²) in [5.41, 5.74) is 5.19. The van der Waals surface area contributed by atoms with Crippen LogP contribution in [0.4, 0.5) is 5.82 Å². The number of hydrogen-bond acceptors (Lipinski definition) is 6. The zero-order valence-electron chi connectivity index (χ0n) is 13.5. The number of fused-ring (bicyclic) bond motifs is 1. The van der Waals surface area contributed by atoms with E-state index in [0.29, 0.717) is 6.42 Å². The van der Waals surface area contributed by atoms with E-state index in [1.54, 1.807) is 17.7 Å². The SMILES string of the molecule is CCc1cc2c(N3CCN(CCCC(N)=O)CC3)ncnc2s1. The van der Waals surface area contributed by atoms with Gasteiger partial charge in [-0.25, -0.2) is 9.97 Å². The molecule has 0 radical (unpaired) electrons. The Kier molecular flexibility index (Phi) is 5.07. The molecule has 6 nitrogen and oxygen atoms in total. The van der Waals surface area contributed by atoms with Crippen molar-refractivity contribution >= 4 is 33.3 Å². The van der Waals surface area contributed by atoms with Crippen molar-refractivity contribution in [1.29, 1.82) is 0 Å². The highest BCUT2D eigenvalue weighted by Crippen LogP contribution is 2.30. The molecule has 7 heteroatoms. The van der Waals surface area contributed by atoms with Crippen LogP contribution in [0.3, 0.4) is 0 Å². The Labute approximate surface area is 140 Å². The smallest absolute Gasteiger partial charge is 0.217 e. The Balaban J connectivity index is 1.63. The fourth-order valence-electron chi connectivity index (χ4n) is 2.98. The van der Waals surface area contributed by atoms with Crippen molar-refractivity contribution in [1.82, 2.24) is 14.9 Å². The topological polar surface area (TPSA) is 75.3 Å². The Hall–Kier alpha value is -1.73. The number of aryl methyl sites for hydroxylation is 1. The van der Waals surface area contributed by atoms with Crippen LogP contribution in [0, 0.1) is 0 Å². The average Bonchev–Trinajstić information content (AvgIpc) is 2.98. The molecular formula is C16H23N5OS. The van der Waals surface area contributed by atoms with Crippen LogP contribution in [0.25, 0.3) is 10.2 Å². The molecule has 0 unspecified atom stereocenters.